The van der Waals surface area contributed by atoms with Crippen LogP contribution in [0.4, 0.5) is 0 Å². The van der Waals surface area contributed by atoms with Gasteiger partial charge in [-0.1, -0.05) is 49.7 Å². The lowest BCUT2D eigenvalue weighted by molar-refractivity contribution is 0.0952. The molecule has 8 heteroatoms. The molecule has 0 saturated carbocycles. The summed E-state index contributed by atoms with van der Waals surface area (Å²) < 4.78 is 27.1. The van der Waals surface area contributed by atoms with Crippen molar-refractivity contribution in [3.8, 4) is 5.75 Å². The number of amides is 1. The summed E-state index contributed by atoms with van der Waals surface area (Å²) in [5.74, 6) is -0.670. The number of rotatable bonds is 8. The fraction of sp³-hybridized carbons (Fsp3) is 0.217. The molecule has 0 radical (unpaired) electrons. The zero-order valence-corrected chi connectivity index (χ0v) is 18.2. The van der Waals surface area contributed by atoms with Crippen LogP contribution in [0.5, 0.6) is 5.75 Å². The first-order chi connectivity index (χ1) is 14.8. The lowest BCUT2D eigenvalue weighted by atomic mass is 10.1. The van der Waals surface area contributed by atoms with E-state index in [-0.39, 0.29) is 16.2 Å². The summed E-state index contributed by atoms with van der Waals surface area (Å²) >= 11 is 0. The number of phenols is 1. The van der Waals surface area contributed by atoms with Crippen LogP contribution in [0.3, 0.4) is 0 Å². The first-order valence-electron chi connectivity index (χ1n) is 9.98. The van der Waals surface area contributed by atoms with E-state index >= 15 is 0 Å². The van der Waals surface area contributed by atoms with Crippen LogP contribution in [-0.4, -0.2) is 31.7 Å². The molecule has 0 heterocycles. The fourth-order valence-corrected chi connectivity index (χ4v) is 4.09. The van der Waals surface area contributed by atoms with E-state index in [0.717, 1.165) is 23.6 Å². The maximum Gasteiger partial charge on any atom is 0.275 e. The third kappa shape index (κ3) is 5.48. The highest BCUT2D eigenvalue weighted by molar-refractivity contribution is 7.89. The van der Waals surface area contributed by atoms with Gasteiger partial charge in [0.05, 0.1) is 16.2 Å². The Morgan fingerprint density at radius 1 is 1.03 bits per heavy atom. The molecule has 3 aromatic carbocycles. The topological polar surface area (TPSA) is 108 Å². The SMILES string of the molecule is CCCCNS(=O)(=O)c1ccc(/C(C)=N/NC(=O)c2cc3ccccc3cc2O)cc1. The van der Waals surface area contributed by atoms with E-state index in [1.807, 2.05) is 31.2 Å². The van der Waals surface area contributed by atoms with Gasteiger partial charge in [-0.2, -0.15) is 5.10 Å². The van der Waals surface area contributed by atoms with Crippen molar-refractivity contribution in [2.75, 3.05) is 6.54 Å². The first kappa shape index (κ1) is 22.5. The molecule has 3 aromatic rings. The average Bonchev–Trinajstić information content (AvgIpc) is 2.77. The van der Waals surface area contributed by atoms with E-state index in [2.05, 4.69) is 15.2 Å². The quantitative estimate of drug-likeness (QED) is 0.282. The Balaban J connectivity index is 1.72. The number of carbonyl (C=O) groups is 1. The summed E-state index contributed by atoms with van der Waals surface area (Å²) in [6, 6.07) is 16.8. The molecule has 0 unspecified atom stereocenters. The zero-order valence-electron chi connectivity index (χ0n) is 17.4. The van der Waals surface area contributed by atoms with Crippen molar-refractivity contribution < 1.29 is 18.3 Å². The van der Waals surface area contributed by atoms with Crippen LogP contribution in [0.2, 0.25) is 0 Å². The molecule has 162 valence electrons. The van der Waals surface area contributed by atoms with Gasteiger partial charge < -0.3 is 5.11 Å². The number of carbonyl (C=O) groups excluding carboxylic acids is 1. The highest BCUT2D eigenvalue weighted by atomic mass is 32.2. The molecule has 3 rings (SSSR count). The minimum atomic E-state index is -3.55. The lowest BCUT2D eigenvalue weighted by Gasteiger charge is -2.08. The number of hydrogen-bond acceptors (Lipinski definition) is 5. The van der Waals surface area contributed by atoms with Crippen LogP contribution in [0.25, 0.3) is 10.8 Å². The minimum Gasteiger partial charge on any atom is -0.507 e. The minimum absolute atomic E-state index is 0.120. The Kier molecular flexibility index (Phi) is 7.04. The number of phenolic OH excluding ortho intramolecular Hbond substituents is 1. The molecule has 0 aliphatic carbocycles. The van der Waals surface area contributed by atoms with E-state index in [1.165, 1.54) is 18.2 Å². The van der Waals surface area contributed by atoms with Gasteiger partial charge in [0.2, 0.25) is 10.0 Å². The van der Waals surface area contributed by atoms with Gasteiger partial charge in [0.1, 0.15) is 5.75 Å². The number of benzene rings is 3. The number of sulfonamides is 1. The molecule has 0 fully saturated rings. The fourth-order valence-electron chi connectivity index (χ4n) is 3.01. The number of nitrogens with one attached hydrogen (secondary N) is 2. The normalized spacial score (nSPS) is 12.1. The van der Waals surface area contributed by atoms with Gasteiger partial charge in [-0.15, -0.1) is 0 Å². The Morgan fingerprint density at radius 3 is 2.32 bits per heavy atom. The molecule has 0 aliphatic rings. The molecule has 31 heavy (non-hydrogen) atoms. The van der Waals surface area contributed by atoms with Gasteiger partial charge in [-0.25, -0.2) is 18.6 Å². The van der Waals surface area contributed by atoms with Crippen LogP contribution in [-0.2, 0) is 10.0 Å². The maximum absolute atomic E-state index is 12.5. The second kappa shape index (κ2) is 9.72. The number of nitrogens with zero attached hydrogens (tertiary/aromatic N) is 1. The average molecular weight is 440 g/mol. The maximum atomic E-state index is 12.5. The second-order valence-electron chi connectivity index (χ2n) is 7.13. The molecule has 3 N–H and O–H groups in total. The number of hydrazone groups is 1. The number of unbranched alkanes of at least 4 members (excludes halogenated alkanes) is 1. The number of fused-ring (bicyclic) bond motifs is 1. The highest BCUT2D eigenvalue weighted by Crippen LogP contribution is 2.24. The Labute approximate surface area is 181 Å². The van der Waals surface area contributed by atoms with Gasteiger partial charge in [0.25, 0.3) is 5.91 Å². The lowest BCUT2D eigenvalue weighted by Crippen LogP contribution is -2.24. The largest absolute Gasteiger partial charge is 0.507 e. The van der Waals surface area contributed by atoms with Crippen molar-refractivity contribution in [2.24, 2.45) is 5.10 Å². The predicted molar refractivity (Wildman–Crippen MR) is 122 cm³/mol. The van der Waals surface area contributed by atoms with Crippen molar-refractivity contribution in [3.63, 3.8) is 0 Å². The number of aromatic hydroxyl groups is 1. The summed E-state index contributed by atoms with van der Waals surface area (Å²) in [6.07, 6.45) is 1.68. The van der Waals surface area contributed by atoms with Crippen LogP contribution in [0.1, 0.15) is 42.6 Å². The monoisotopic (exact) mass is 439 g/mol. The van der Waals surface area contributed by atoms with Crippen molar-refractivity contribution >= 4 is 32.4 Å². The summed E-state index contributed by atoms with van der Waals surface area (Å²) in [4.78, 5) is 12.7. The molecule has 0 atom stereocenters. The van der Waals surface area contributed by atoms with E-state index in [4.69, 9.17) is 0 Å². The predicted octanol–water partition coefficient (Wildman–Crippen LogP) is 3.78. The highest BCUT2D eigenvalue weighted by Gasteiger charge is 2.14. The van der Waals surface area contributed by atoms with Gasteiger partial charge in [-0.3, -0.25) is 4.79 Å². The van der Waals surface area contributed by atoms with Crippen LogP contribution < -0.4 is 10.1 Å². The summed E-state index contributed by atoms with van der Waals surface area (Å²) in [7, 11) is -3.55. The van der Waals surface area contributed by atoms with E-state index in [0.29, 0.717) is 17.8 Å². The molecular formula is C23H25N3O4S. The Morgan fingerprint density at radius 2 is 1.68 bits per heavy atom. The van der Waals surface area contributed by atoms with Crippen LogP contribution in [0, 0.1) is 0 Å². The van der Waals surface area contributed by atoms with Gasteiger partial charge >= 0.3 is 0 Å². The molecule has 0 aromatic heterocycles. The van der Waals surface area contributed by atoms with Crippen LogP contribution in [0.15, 0.2) is 70.7 Å². The molecule has 0 spiro atoms. The third-order valence-electron chi connectivity index (χ3n) is 4.84. The van der Waals surface area contributed by atoms with Gasteiger partial charge in [0.15, 0.2) is 0 Å². The van der Waals surface area contributed by atoms with E-state index in [9.17, 15) is 18.3 Å². The molecule has 0 saturated heterocycles. The summed E-state index contributed by atoms with van der Waals surface area (Å²) in [6.45, 7) is 4.09. The Hall–Kier alpha value is -3.23. The molecule has 0 aliphatic heterocycles. The molecular weight excluding hydrogens is 414 g/mol. The van der Waals surface area contributed by atoms with Gasteiger partial charge in [0, 0.05) is 6.54 Å². The zero-order chi connectivity index (χ0) is 22.4. The third-order valence-corrected chi connectivity index (χ3v) is 6.32. The van der Waals surface area contributed by atoms with Crippen molar-refractivity contribution in [2.45, 2.75) is 31.6 Å². The van der Waals surface area contributed by atoms with E-state index < -0.39 is 15.9 Å². The smallest absolute Gasteiger partial charge is 0.275 e. The summed E-state index contributed by atoms with van der Waals surface area (Å²) in [5.41, 5.74) is 3.72. The second-order valence-corrected chi connectivity index (χ2v) is 8.90. The summed E-state index contributed by atoms with van der Waals surface area (Å²) in [5, 5.41) is 15.9. The standard InChI is InChI=1S/C23H25N3O4S/c1-3-4-13-24-31(29,30)20-11-9-17(10-12-20)16(2)25-26-23(28)21-14-18-7-5-6-8-19(18)15-22(21)27/h5-12,14-15,24,27H,3-4,13H2,1-2H3,(H,26,28)/b25-16+. The van der Waals surface area contributed by atoms with Gasteiger partial charge in [-0.05, 0) is 53.9 Å². The van der Waals surface area contributed by atoms with Crippen molar-refractivity contribution in [1.29, 1.82) is 0 Å². The number of hydrogen-bond donors (Lipinski definition) is 3. The first-order valence-corrected chi connectivity index (χ1v) is 11.5. The van der Waals surface area contributed by atoms with Crippen molar-refractivity contribution in [3.05, 3.63) is 71.8 Å². The molecule has 0 bridgehead atoms. The van der Waals surface area contributed by atoms with Crippen LogP contribution >= 0.6 is 0 Å². The molecule has 7 nitrogen and oxygen atoms in total. The molecule has 1 amide bonds. The van der Waals surface area contributed by atoms with Crippen molar-refractivity contribution in [1.82, 2.24) is 10.1 Å². The van der Waals surface area contributed by atoms with E-state index in [1.54, 1.807) is 25.1 Å². The Bertz CT molecular complexity index is 1220.